The molecular formula is C22H27NO5. The van der Waals surface area contributed by atoms with Gasteiger partial charge in [0.05, 0.1) is 11.0 Å². The third-order valence-electron chi connectivity index (χ3n) is 8.08. The first-order valence-corrected chi connectivity index (χ1v) is 10.7. The van der Waals surface area contributed by atoms with Gasteiger partial charge in [-0.15, -0.1) is 0 Å². The summed E-state index contributed by atoms with van der Waals surface area (Å²) in [5.41, 5.74) is 1.47. The van der Waals surface area contributed by atoms with Crippen LogP contribution >= 0.6 is 0 Å². The van der Waals surface area contributed by atoms with E-state index in [2.05, 4.69) is 4.90 Å². The van der Waals surface area contributed by atoms with Gasteiger partial charge in [-0.25, -0.2) is 4.79 Å². The number of phenols is 1. The molecule has 1 unspecified atom stereocenters. The van der Waals surface area contributed by atoms with E-state index in [1.165, 1.54) is 18.4 Å². The molecule has 0 radical (unpaired) electrons. The molecule has 2 aliphatic heterocycles. The van der Waals surface area contributed by atoms with Crippen LogP contribution in [0.2, 0.25) is 0 Å². The summed E-state index contributed by atoms with van der Waals surface area (Å²) < 4.78 is 12.8. The van der Waals surface area contributed by atoms with Crippen molar-refractivity contribution in [2.75, 3.05) is 19.7 Å². The van der Waals surface area contributed by atoms with Gasteiger partial charge in [-0.05, 0) is 69.0 Å². The Morgan fingerprint density at radius 2 is 2.14 bits per heavy atom. The molecule has 1 aromatic rings. The fourth-order valence-electron chi connectivity index (χ4n) is 6.93. The highest BCUT2D eigenvalue weighted by Crippen LogP contribution is 2.66. The topological polar surface area (TPSA) is 79.2 Å². The maximum absolute atomic E-state index is 11.5. The number of carbonyl (C=O) groups is 1. The summed E-state index contributed by atoms with van der Waals surface area (Å²) in [6, 6.07) is 3.98. The van der Waals surface area contributed by atoms with Gasteiger partial charge in [0.1, 0.15) is 12.7 Å². The predicted octanol–water partition coefficient (Wildman–Crippen LogP) is 2.46. The van der Waals surface area contributed by atoms with Gasteiger partial charge in [0.2, 0.25) is 0 Å². The van der Waals surface area contributed by atoms with Crippen molar-refractivity contribution in [2.24, 2.45) is 5.92 Å². The Hall–Kier alpha value is -1.79. The highest BCUT2D eigenvalue weighted by molar-refractivity contribution is 5.68. The van der Waals surface area contributed by atoms with Gasteiger partial charge in [-0.3, -0.25) is 4.90 Å². The van der Waals surface area contributed by atoms with E-state index >= 15 is 0 Å². The minimum atomic E-state index is -0.916. The van der Waals surface area contributed by atoms with Crippen LogP contribution in [0.15, 0.2) is 12.1 Å². The second-order valence-electron chi connectivity index (χ2n) is 9.40. The fourth-order valence-corrected chi connectivity index (χ4v) is 6.93. The molecule has 3 aliphatic carbocycles. The van der Waals surface area contributed by atoms with E-state index in [1.54, 1.807) is 6.07 Å². The van der Waals surface area contributed by atoms with Crippen LogP contribution in [0.3, 0.4) is 0 Å². The predicted molar refractivity (Wildman–Crippen MR) is 101 cm³/mol. The van der Waals surface area contributed by atoms with Crippen LogP contribution in [-0.2, 0) is 21.4 Å². The Balaban J connectivity index is 1.54. The molecule has 6 rings (SSSR count). The maximum atomic E-state index is 11.5. The fraction of sp³-hybridized carbons (Fsp3) is 0.682. The Morgan fingerprint density at radius 1 is 1.29 bits per heavy atom. The molecule has 1 aromatic carbocycles. The molecule has 0 amide bonds. The van der Waals surface area contributed by atoms with Crippen molar-refractivity contribution in [3.63, 3.8) is 0 Å². The molecule has 6 heteroatoms. The van der Waals surface area contributed by atoms with E-state index in [9.17, 15) is 15.0 Å². The number of carboxylic acid groups (broad SMARTS) is 1. The summed E-state index contributed by atoms with van der Waals surface area (Å²) >= 11 is 0. The number of rotatable bonds is 5. The SMILES string of the molecule is O=C(O)COC12CCC[C@@H]3Oc4c(O)ccc5c4[C@@]31CCN(CC1CC1)[C@@H]2C5. The van der Waals surface area contributed by atoms with Crippen molar-refractivity contribution < 1.29 is 24.5 Å². The molecule has 3 fully saturated rings. The number of aliphatic carboxylic acids is 1. The van der Waals surface area contributed by atoms with Crippen LogP contribution in [0.25, 0.3) is 0 Å². The Labute approximate surface area is 164 Å². The van der Waals surface area contributed by atoms with E-state index in [0.717, 1.165) is 56.7 Å². The molecule has 150 valence electrons. The number of nitrogens with zero attached hydrogens (tertiary/aromatic N) is 1. The first-order valence-electron chi connectivity index (χ1n) is 10.7. The second-order valence-corrected chi connectivity index (χ2v) is 9.40. The van der Waals surface area contributed by atoms with Gasteiger partial charge in [-0.2, -0.15) is 0 Å². The van der Waals surface area contributed by atoms with Gasteiger partial charge in [-0.1, -0.05) is 6.07 Å². The Bertz CT molecular complexity index is 852. The van der Waals surface area contributed by atoms with Crippen molar-refractivity contribution in [1.82, 2.24) is 4.90 Å². The zero-order valence-electron chi connectivity index (χ0n) is 16.0. The molecular weight excluding hydrogens is 358 g/mol. The average Bonchev–Trinajstić information content (AvgIpc) is 3.42. The summed E-state index contributed by atoms with van der Waals surface area (Å²) in [6.45, 7) is 1.81. The van der Waals surface area contributed by atoms with Gasteiger partial charge < -0.3 is 19.7 Å². The first kappa shape index (κ1) is 17.1. The van der Waals surface area contributed by atoms with Crippen LogP contribution < -0.4 is 4.74 Å². The number of piperidine rings is 1. The standard InChI is InChI=1S/C22H27NO5/c24-15-6-5-14-10-16-22(27-12-18(25)26)7-1-2-17-21(22,19(14)20(15)28-17)8-9-23(16)11-13-3-4-13/h5-6,13,16-17,24H,1-4,7-12H2,(H,25,26)/t16-,17+,21-,22?/m1/s1. The van der Waals surface area contributed by atoms with E-state index in [-0.39, 0.29) is 29.9 Å². The number of benzene rings is 1. The van der Waals surface area contributed by atoms with Crippen LogP contribution in [0.1, 0.15) is 49.7 Å². The molecule has 5 aliphatic rings. The highest BCUT2D eigenvalue weighted by atomic mass is 16.5. The maximum Gasteiger partial charge on any atom is 0.329 e. The summed E-state index contributed by atoms with van der Waals surface area (Å²) in [5.74, 6) is 0.692. The summed E-state index contributed by atoms with van der Waals surface area (Å²) in [7, 11) is 0. The average molecular weight is 385 g/mol. The van der Waals surface area contributed by atoms with E-state index in [4.69, 9.17) is 9.47 Å². The van der Waals surface area contributed by atoms with Crippen LogP contribution in [0.4, 0.5) is 0 Å². The molecule has 2 N–H and O–H groups in total. The van der Waals surface area contributed by atoms with Gasteiger partial charge in [0, 0.05) is 18.2 Å². The van der Waals surface area contributed by atoms with E-state index in [1.807, 2.05) is 6.07 Å². The molecule has 28 heavy (non-hydrogen) atoms. The number of hydrogen-bond donors (Lipinski definition) is 2. The lowest BCUT2D eigenvalue weighted by Crippen LogP contribution is -2.76. The van der Waals surface area contributed by atoms with Crippen molar-refractivity contribution in [2.45, 2.75) is 68.1 Å². The lowest BCUT2D eigenvalue weighted by Gasteiger charge is -2.64. The van der Waals surface area contributed by atoms with Gasteiger partial charge in [0.15, 0.2) is 11.5 Å². The first-order chi connectivity index (χ1) is 13.5. The molecule has 4 atom stereocenters. The van der Waals surface area contributed by atoms with Crippen molar-refractivity contribution in [3.8, 4) is 11.5 Å². The van der Waals surface area contributed by atoms with Crippen LogP contribution in [0, 0.1) is 5.92 Å². The molecule has 1 spiro atoms. The number of carboxylic acids is 1. The van der Waals surface area contributed by atoms with Gasteiger partial charge in [0.25, 0.3) is 0 Å². The zero-order valence-corrected chi connectivity index (χ0v) is 16.0. The summed E-state index contributed by atoms with van der Waals surface area (Å²) in [4.78, 5) is 14.1. The minimum Gasteiger partial charge on any atom is -0.504 e. The number of phenolic OH excluding ortho intramolecular Hbond substituents is 1. The molecule has 2 heterocycles. The molecule has 0 aromatic heterocycles. The number of aromatic hydroxyl groups is 1. The number of ether oxygens (including phenoxy) is 2. The number of hydrogen-bond acceptors (Lipinski definition) is 5. The molecule has 1 saturated heterocycles. The molecule has 6 nitrogen and oxygen atoms in total. The summed E-state index contributed by atoms with van der Waals surface area (Å²) in [5, 5.41) is 19.9. The van der Waals surface area contributed by atoms with Crippen LogP contribution in [0.5, 0.6) is 11.5 Å². The zero-order chi connectivity index (χ0) is 19.1. The Kier molecular flexibility index (Phi) is 3.44. The lowest BCUT2D eigenvalue weighted by atomic mass is 9.49. The normalized spacial score (nSPS) is 38.0. The monoisotopic (exact) mass is 385 g/mol. The smallest absolute Gasteiger partial charge is 0.329 e. The quantitative estimate of drug-likeness (QED) is 0.811. The Morgan fingerprint density at radius 3 is 2.93 bits per heavy atom. The highest BCUT2D eigenvalue weighted by Gasteiger charge is 2.72. The van der Waals surface area contributed by atoms with Gasteiger partial charge >= 0.3 is 5.97 Å². The third-order valence-corrected chi connectivity index (χ3v) is 8.08. The molecule has 2 bridgehead atoms. The number of likely N-dealkylation sites (tertiary alicyclic amines) is 1. The minimum absolute atomic E-state index is 0.0389. The summed E-state index contributed by atoms with van der Waals surface area (Å²) in [6.07, 6.45) is 7.07. The third kappa shape index (κ3) is 2.03. The van der Waals surface area contributed by atoms with E-state index < -0.39 is 11.6 Å². The van der Waals surface area contributed by atoms with Crippen LogP contribution in [-0.4, -0.2) is 58.5 Å². The van der Waals surface area contributed by atoms with Crippen molar-refractivity contribution >= 4 is 5.97 Å². The van der Waals surface area contributed by atoms with E-state index in [0.29, 0.717) is 5.75 Å². The van der Waals surface area contributed by atoms with Crippen molar-refractivity contribution in [1.29, 1.82) is 0 Å². The lowest BCUT2D eigenvalue weighted by molar-refractivity contribution is -0.219. The molecule has 2 saturated carbocycles. The second kappa shape index (κ2) is 5.63. The largest absolute Gasteiger partial charge is 0.504 e. The van der Waals surface area contributed by atoms with Crippen molar-refractivity contribution in [3.05, 3.63) is 23.3 Å².